The maximum atomic E-state index is 13.3. The second kappa shape index (κ2) is 6.35. The van der Waals surface area contributed by atoms with Crippen molar-refractivity contribution in [2.75, 3.05) is 0 Å². The van der Waals surface area contributed by atoms with Gasteiger partial charge in [0.25, 0.3) is 0 Å². The lowest BCUT2D eigenvalue weighted by Crippen LogP contribution is -2.38. The first-order chi connectivity index (χ1) is 12.4. The third kappa shape index (κ3) is 2.81. The number of hydrogen-bond acceptors (Lipinski definition) is 3. The average molecular weight is 476 g/mol. The van der Waals surface area contributed by atoms with Crippen molar-refractivity contribution in [2.45, 2.75) is 18.1 Å². The summed E-state index contributed by atoms with van der Waals surface area (Å²) in [5, 5.41) is 0.809. The lowest BCUT2D eigenvalue weighted by molar-refractivity contribution is 0.554. The van der Waals surface area contributed by atoms with Crippen LogP contribution in [0.1, 0.15) is 13.3 Å². The summed E-state index contributed by atoms with van der Waals surface area (Å²) in [5.41, 5.74) is 2.48. The summed E-state index contributed by atoms with van der Waals surface area (Å²) < 4.78 is 28.0. The monoisotopic (exact) mass is 476 g/mol. The lowest BCUT2D eigenvalue weighted by atomic mass is 10.0. The van der Waals surface area contributed by atoms with E-state index in [9.17, 15) is 8.42 Å². The molecule has 0 bridgehead atoms. The molecule has 0 N–H and O–H groups in total. The van der Waals surface area contributed by atoms with Gasteiger partial charge in [0, 0.05) is 29.8 Å². The van der Waals surface area contributed by atoms with Crippen LogP contribution in [0, 0.1) is 0 Å². The van der Waals surface area contributed by atoms with Gasteiger partial charge in [-0.1, -0.05) is 48.6 Å². The van der Waals surface area contributed by atoms with Crippen LogP contribution in [0.25, 0.3) is 22.2 Å². The van der Waals surface area contributed by atoms with Crippen molar-refractivity contribution < 1.29 is 8.42 Å². The van der Waals surface area contributed by atoms with Gasteiger partial charge in [-0.2, -0.15) is 0 Å². The number of rotatable bonds is 3. The number of halogens is 1. The van der Waals surface area contributed by atoms with Crippen LogP contribution >= 0.6 is 22.6 Å². The highest BCUT2D eigenvalue weighted by Crippen LogP contribution is 2.36. The number of fused-ring (bicyclic) bond motifs is 1. The fraction of sp³-hybridized carbons (Fsp3) is 0.150. The zero-order valence-corrected chi connectivity index (χ0v) is 17.1. The van der Waals surface area contributed by atoms with E-state index in [0.29, 0.717) is 12.1 Å². The summed E-state index contributed by atoms with van der Waals surface area (Å²) in [5.74, 6) is 0. The normalized spacial score (nSPS) is 20.3. The first kappa shape index (κ1) is 17.5. The zero-order valence-electron chi connectivity index (χ0n) is 14.1. The quantitative estimate of drug-likeness (QED) is 0.505. The summed E-state index contributed by atoms with van der Waals surface area (Å²) in [6.07, 6.45) is 9.31. The van der Waals surface area contributed by atoms with Crippen molar-refractivity contribution in [3.63, 3.8) is 0 Å². The Morgan fingerprint density at radius 1 is 1.15 bits per heavy atom. The molecule has 6 heteroatoms. The summed E-state index contributed by atoms with van der Waals surface area (Å²) in [6, 6.07) is 13.7. The molecule has 132 valence electrons. The van der Waals surface area contributed by atoms with Gasteiger partial charge in [0.05, 0.1) is 0 Å². The van der Waals surface area contributed by atoms with Crippen molar-refractivity contribution in [3.05, 3.63) is 76.7 Å². The van der Waals surface area contributed by atoms with Crippen molar-refractivity contribution in [2.24, 2.45) is 0 Å². The molecule has 0 aliphatic heterocycles. The van der Waals surface area contributed by atoms with Crippen molar-refractivity contribution in [1.29, 1.82) is 0 Å². The molecule has 1 aliphatic carbocycles. The molecule has 1 aromatic carbocycles. The fourth-order valence-corrected chi connectivity index (χ4v) is 6.09. The van der Waals surface area contributed by atoms with Crippen LogP contribution in [0.5, 0.6) is 0 Å². The second-order valence-electron chi connectivity index (χ2n) is 6.58. The van der Waals surface area contributed by atoms with Crippen molar-refractivity contribution in [1.82, 2.24) is 8.96 Å². The van der Waals surface area contributed by atoms with Crippen LogP contribution in [-0.4, -0.2) is 22.1 Å². The van der Waals surface area contributed by atoms with E-state index in [1.807, 2.05) is 54.6 Å². The highest BCUT2D eigenvalue weighted by atomic mass is 127. The van der Waals surface area contributed by atoms with Gasteiger partial charge in [-0.3, -0.25) is 0 Å². The number of nitrogens with zero attached hydrogens (tertiary/aromatic N) is 2. The summed E-state index contributed by atoms with van der Waals surface area (Å²) >= 11 is 2.19. The Labute approximate surface area is 166 Å². The largest absolute Gasteiger partial charge is 0.249 e. The number of benzene rings is 1. The van der Waals surface area contributed by atoms with E-state index >= 15 is 0 Å². The van der Waals surface area contributed by atoms with Crippen molar-refractivity contribution in [3.8, 4) is 11.1 Å². The van der Waals surface area contributed by atoms with E-state index in [2.05, 4.69) is 27.6 Å². The van der Waals surface area contributed by atoms with Gasteiger partial charge >= 0.3 is 0 Å². The second-order valence-corrected chi connectivity index (χ2v) is 10.2. The molecule has 0 spiro atoms. The lowest BCUT2D eigenvalue weighted by Gasteiger charge is -2.28. The van der Waals surface area contributed by atoms with E-state index in [4.69, 9.17) is 0 Å². The van der Waals surface area contributed by atoms with Gasteiger partial charge in [0.2, 0.25) is 10.0 Å². The number of hydrogen-bond donors (Lipinski definition) is 0. The Bertz CT molecular complexity index is 1150. The van der Waals surface area contributed by atoms with Crippen LogP contribution in [0.15, 0.2) is 76.7 Å². The van der Waals surface area contributed by atoms with E-state index in [0.717, 1.165) is 20.1 Å². The Hall–Kier alpha value is -1.93. The Morgan fingerprint density at radius 2 is 1.92 bits per heavy atom. The minimum absolute atomic E-state index is 0.462. The summed E-state index contributed by atoms with van der Waals surface area (Å²) in [7, 11) is -3.63. The molecule has 0 saturated carbocycles. The smallest absolute Gasteiger partial charge is 0.237 e. The molecule has 26 heavy (non-hydrogen) atoms. The number of pyridine rings is 1. The molecule has 4 rings (SSSR count). The predicted molar refractivity (Wildman–Crippen MR) is 114 cm³/mol. The average Bonchev–Trinajstić information content (AvgIpc) is 3.06. The highest BCUT2D eigenvalue weighted by Gasteiger charge is 2.40. The van der Waals surface area contributed by atoms with Gasteiger partial charge < -0.3 is 0 Å². The molecular weight excluding hydrogens is 459 g/mol. The summed E-state index contributed by atoms with van der Waals surface area (Å²) in [4.78, 5) is 4.47. The molecule has 1 atom stereocenters. The van der Waals surface area contributed by atoms with Crippen molar-refractivity contribution >= 4 is 43.6 Å². The van der Waals surface area contributed by atoms with Gasteiger partial charge in [-0.25, -0.2) is 17.4 Å². The van der Waals surface area contributed by atoms with Gasteiger partial charge in [0.1, 0.15) is 4.75 Å². The zero-order chi connectivity index (χ0) is 18.4. The van der Waals surface area contributed by atoms with Gasteiger partial charge in [-0.05, 0) is 50.8 Å². The molecule has 1 unspecified atom stereocenters. The van der Waals surface area contributed by atoms with Crippen LogP contribution in [0.2, 0.25) is 0 Å². The molecule has 0 amide bonds. The first-order valence-corrected chi connectivity index (χ1v) is 10.7. The number of allylic oxidation sites excluding steroid dienone is 3. The SMILES string of the molecule is CC1(S(=O)(=O)n2ccc3cc(-c4ccccc4)cnc32)C=CC=C(I)C1. The van der Waals surface area contributed by atoms with Crippen LogP contribution in [0.3, 0.4) is 0 Å². The number of aromatic nitrogens is 2. The van der Waals surface area contributed by atoms with E-state index in [-0.39, 0.29) is 0 Å². The standard InChI is InChI=1S/C20H17IN2O2S/c1-20(10-5-8-18(21)13-20)26(24,25)23-11-9-16-12-17(14-22-19(16)23)15-6-3-2-4-7-15/h2-12,14H,13H2,1H3. The maximum Gasteiger partial charge on any atom is 0.249 e. The third-order valence-corrected chi connectivity index (χ3v) is 7.71. The molecule has 2 heterocycles. The fourth-order valence-electron chi connectivity index (χ4n) is 3.19. The van der Waals surface area contributed by atoms with Crippen LogP contribution in [0.4, 0.5) is 0 Å². The first-order valence-electron chi connectivity index (χ1n) is 8.22. The van der Waals surface area contributed by atoms with E-state index in [1.54, 1.807) is 25.4 Å². The minimum Gasteiger partial charge on any atom is -0.237 e. The molecule has 2 aromatic heterocycles. The third-order valence-electron chi connectivity index (χ3n) is 4.69. The molecule has 0 fully saturated rings. The topological polar surface area (TPSA) is 52.0 Å². The van der Waals surface area contributed by atoms with Gasteiger partial charge in [0.15, 0.2) is 5.65 Å². The molecule has 0 saturated heterocycles. The molecule has 0 radical (unpaired) electrons. The predicted octanol–water partition coefficient (Wildman–Crippen LogP) is 4.92. The maximum absolute atomic E-state index is 13.3. The summed E-state index contributed by atoms with van der Waals surface area (Å²) in [6.45, 7) is 1.76. The van der Waals surface area contributed by atoms with E-state index < -0.39 is 14.8 Å². The molecule has 1 aliphatic rings. The highest BCUT2D eigenvalue weighted by molar-refractivity contribution is 14.1. The minimum atomic E-state index is -3.63. The molecule has 4 nitrogen and oxygen atoms in total. The van der Waals surface area contributed by atoms with Gasteiger partial charge in [-0.15, -0.1) is 0 Å². The van der Waals surface area contributed by atoms with E-state index in [1.165, 1.54) is 3.97 Å². The Balaban J connectivity index is 1.81. The Morgan fingerprint density at radius 3 is 2.65 bits per heavy atom. The van der Waals surface area contributed by atoms with Crippen LogP contribution < -0.4 is 0 Å². The van der Waals surface area contributed by atoms with Crippen LogP contribution in [-0.2, 0) is 10.0 Å². The molecular formula is C20H17IN2O2S. The molecule has 3 aromatic rings. The Kier molecular flexibility index (Phi) is 4.27.